The Balaban J connectivity index is 2.36. The lowest BCUT2D eigenvalue weighted by atomic mass is 9.67. The second-order valence-corrected chi connectivity index (χ2v) is 7.62. The highest BCUT2D eigenvalue weighted by atomic mass is 16.5. The van der Waals surface area contributed by atoms with Crippen molar-refractivity contribution in [3.05, 3.63) is 22.8 Å². The molecule has 0 saturated heterocycles. The van der Waals surface area contributed by atoms with Crippen LogP contribution in [0.4, 0.5) is 0 Å². The van der Waals surface area contributed by atoms with Crippen LogP contribution in [-0.2, 0) is 14.3 Å². The molecule has 0 aromatic heterocycles. The largest absolute Gasteiger partial charge is 0.460 e. The van der Waals surface area contributed by atoms with Gasteiger partial charge >= 0.3 is 5.97 Å². The first-order valence-corrected chi connectivity index (χ1v) is 7.80. The zero-order chi connectivity index (χ0) is 16.9. The summed E-state index contributed by atoms with van der Waals surface area (Å²) < 4.78 is 5.41. The van der Waals surface area contributed by atoms with E-state index in [1.165, 1.54) is 0 Å². The third kappa shape index (κ3) is 2.34. The molecule has 0 radical (unpaired) electrons. The second-order valence-electron chi connectivity index (χ2n) is 7.62. The Labute approximate surface area is 132 Å². The van der Waals surface area contributed by atoms with Gasteiger partial charge in [-0.25, -0.2) is 0 Å². The zero-order valence-corrected chi connectivity index (χ0v) is 14.4. The van der Waals surface area contributed by atoms with E-state index in [0.29, 0.717) is 5.57 Å². The number of aliphatic hydroxyl groups is 1. The molecular formula is C18H26O4. The highest BCUT2D eigenvalue weighted by Crippen LogP contribution is 2.63. The summed E-state index contributed by atoms with van der Waals surface area (Å²) >= 11 is 0. The molecule has 122 valence electrons. The Bertz CT molecular complexity index is 581. The summed E-state index contributed by atoms with van der Waals surface area (Å²) in [6, 6.07) is 0. The first kappa shape index (κ1) is 16.9. The molecule has 0 aliphatic heterocycles. The summed E-state index contributed by atoms with van der Waals surface area (Å²) in [6.45, 7) is 10.8. The van der Waals surface area contributed by atoms with Gasteiger partial charge in [-0.3, -0.25) is 9.59 Å². The number of carbonyl (C=O) groups excluding carboxylic acids is 2. The van der Waals surface area contributed by atoms with E-state index in [0.717, 1.165) is 24.0 Å². The molecule has 2 aliphatic carbocycles. The van der Waals surface area contributed by atoms with Crippen molar-refractivity contribution in [2.75, 3.05) is 6.61 Å². The molecule has 1 unspecified atom stereocenters. The summed E-state index contributed by atoms with van der Waals surface area (Å²) in [4.78, 5) is 24.6. The third-order valence-electron chi connectivity index (χ3n) is 5.11. The first-order valence-electron chi connectivity index (χ1n) is 7.80. The fourth-order valence-corrected chi connectivity index (χ4v) is 3.30. The van der Waals surface area contributed by atoms with Crippen molar-refractivity contribution in [1.82, 2.24) is 0 Å². The van der Waals surface area contributed by atoms with E-state index in [1.807, 2.05) is 6.92 Å². The number of Topliss-reactive ketones (excluding diaryl/α,β-unsaturated/α-hetero) is 1. The highest BCUT2D eigenvalue weighted by molar-refractivity contribution is 6.08. The van der Waals surface area contributed by atoms with Crippen LogP contribution in [0.15, 0.2) is 22.8 Å². The van der Waals surface area contributed by atoms with E-state index in [1.54, 1.807) is 40.7 Å². The summed E-state index contributed by atoms with van der Waals surface area (Å²) in [5, 5.41) is 10.7. The summed E-state index contributed by atoms with van der Waals surface area (Å²) in [5.74, 6) is -0.558. The van der Waals surface area contributed by atoms with Crippen LogP contribution >= 0.6 is 0 Å². The predicted molar refractivity (Wildman–Crippen MR) is 84.2 cm³/mol. The fourth-order valence-electron chi connectivity index (χ4n) is 3.30. The van der Waals surface area contributed by atoms with E-state index in [4.69, 9.17) is 4.74 Å². The normalized spacial score (nSPS) is 29.2. The minimum absolute atomic E-state index is 0.0885. The standard InChI is InChI=1S/C18H26O4/c1-7-12-13(10-22-15(20)16(3,4)5)11(2)18(8-9-18)17(6,21)14(12)19/h7,21H,8-10H2,1-6H3/b12-7-. The van der Waals surface area contributed by atoms with Crippen LogP contribution in [-0.4, -0.2) is 29.1 Å². The van der Waals surface area contributed by atoms with Crippen molar-refractivity contribution in [3.63, 3.8) is 0 Å². The molecule has 1 spiro atoms. The van der Waals surface area contributed by atoms with Gasteiger partial charge < -0.3 is 9.84 Å². The topological polar surface area (TPSA) is 63.6 Å². The maximum atomic E-state index is 12.6. The van der Waals surface area contributed by atoms with E-state index in [-0.39, 0.29) is 18.4 Å². The highest BCUT2D eigenvalue weighted by Gasteiger charge is 2.64. The van der Waals surface area contributed by atoms with Gasteiger partial charge in [0.05, 0.1) is 5.41 Å². The van der Waals surface area contributed by atoms with Crippen molar-refractivity contribution < 1.29 is 19.4 Å². The van der Waals surface area contributed by atoms with Gasteiger partial charge in [0, 0.05) is 11.0 Å². The van der Waals surface area contributed by atoms with Gasteiger partial charge in [0.15, 0.2) is 5.78 Å². The Morgan fingerprint density at radius 2 is 1.91 bits per heavy atom. The Kier molecular flexibility index (Phi) is 3.89. The molecule has 0 aromatic carbocycles. The minimum Gasteiger partial charge on any atom is -0.460 e. The number of ether oxygens (including phenoxy) is 1. The van der Waals surface area contributed by atoms with E-state index < -0.39 is 16.4 Å². The average molecular weight is 306 g/mol. The average Bonchev–Trinajstić information content (AvgIpc) is 3.21. The smallest absolute Gasteiger partial charge is 0.311 e. The molecule has 0 amide bonds. The molecule has 0 bridgehead atoms. The lowest BCUT2D eigenvalue weighted by molar-refractivity contribution is -0.152. The summed E-state index contributed by atoms with van der Waals surface area (Å²) in [7, 11) is 0. The molecule has 1 N–H and O–H groups in total. The lowest BCUT2D eigenvalue weighted by Crippen LogP contribution is -2.50. The maximum absolute atomic E-state index is 12.6. The van der Waals surface area contributed by atoms with Crippen molar-refractivity contribution in [2.45, 2.75) is 60.0 Å². The van der Waals surface area contributed by atoms with Crippen molar-refractivity contribution in [2.24, 2.45) is 10.8 Å². The van der Waals surface area contributed by atoms with Gasteiger partial charge in [-0.15, -0.1) is 0 Å². The summed E-state index contributed by atoms with van der Waals surface area (Å²) in [6.07, 6.45) is 3.30. The SMILES string of the molecule is C/C=C1\C(=O)C(C)(O)C2(CC2)C(C)=C1COC(=O)C(C)(C)C. The number of esters is 1. The minimum atomic E-state index is -1.36. The van der Waals surface area contributed by atoms with Crippen molar-refractivity contribution in [3.8, 4) is 0 Å². The van der Waals surface area contributed by atoms with Gasteiger partial charge in [0.25, 0.3) is 0 Å². The molecular weight excluding hydrogens is 280 g/mol. The van der Waals surface area contributed by atoms with Crippen LogP contribution in [0.5, 0.6) is 0 Å². The lowest BCUT2D eigenvalue weighted by Gasteiger charge is -2.39. The Morgan fingerprint density at radius 1 is 1.36 bits per heavy atom. The number of hydrogen-bond acceptors (Lipinski definition) is 4. The number of rotatable bonds is 2. The molecule has 0 heterocycles. The van der Waals surface area contributed by atoms with Crippen LogP contribution in [0, 0.1) is 10.8 Å². The first-order chi connectivity index (χ1) is 9.99. The Morgan fingerprint density at radius 3 is 2.32 bits per heavy atom. The number of ketones is 1. The summed E-state index contributed by atoms with van der Waals surface area (Å²) in [5.41, 5.74) is -0.203. The van der Waals surface area contributed by atoms with Crippen LogP contribution in [0.1, 0.15) is 54.4 Å². The number of hydrogen-bond donors (Lipinski definition) is 1. The molecule has 1 fully saturated rings. The van der Waals surface area contributed by atoms with E-state index >= 15 is 0 Å². The molecule has 22 heavy (non-hydrogen) atoms. The van der Waals surface area contributed by atoms with E-state index in [9.17, 15) is 14.7 Å². The quantitative estimate of drug-likeness (QED) is 0.629. The van der Waals surface area contributed by atoms with Crippen LogP contribution in [0.25, 0.3) is 0 Å². The molecule has 0 aromatic rings. The molecule has 4 nitrogen and oxygen atoms in total. The van der Waals surface area contributed by atoms with Gasteiger partial charge in [-0.2, -0.15) is 0 Å². The molecule has 2 aliphatic rings. The van der Waals surface area contributed by atoms with E-state index in [2.05, 4.69) is 0 Å². The fraction of sp³-hybridized carbons (Fsp3) is 0.667. The van der Waals surface area contributed by atoms with Gasteiger partial charge in [0.2, 0.25) is 0 Å². The van der Waals surface area contributed by atoms with Crippen LogP contribution < -0.4 is 0 Å². The molecule has 4 heteroatoms. The number of carbonyl (C=O) groups is 2. The second kappa shape index (κ2) is 5.05. The van der Waals surface area contributed by atoms with Crippen molar-refractivity contribution in [1.29, 1.82) is 0 Å². The van der Waals surface area contributed by atoms with Crippen LogP contribution in [0.2, 0.25) is 0 Å². The monoisotopic (exact) mass is 306 g/mol. The maximum Gasteiger partial charge on any atom is 0.311 e. The molecule has 2 rings (SSSR count). The van der Waals surface area contributed by atoms with Crippen molar-refractivity contribution >= 4 is 11.8 Å². The third-order valence-corrected chi connectivity index (χ3v) is 5.11. The predicted octanol–water partition coefficient (Wildman–Crippen LogP) is 2.95. The van der Waals surface area contributed by atoms with Gasteiger partial charge in [0.1, 0.15) is 12.2 Å². The number of allylic oxidation sites excluding steroid dienone is 1. The molecule has 1 saturated carbocycles. The van der Waals surface area contributed by atoms with Gasteiger partial charge in [-0.1, -0.05) is 11.6 Å². The van der Waals surface area contributed by atoms with Crippen LogP contribution in [0.3, 0.4) is 0 Å². The molecule has 1 atom stereocenters. The zero-order valence-electron chi connectivity index (χ0n) is 14.4. The Hall–Kier alpha value is -1.42. The van der Waals surface area contributed by atoms with Gasteiger partial charge in [-0.05, 0) is 60.0 Å².